The van der Waals surface area contributed by atoms with Gasteiger partial charge in [-0.25, -0.2) is 4.39 Å². The fraction of sp³-hybridized carbons (Fsp3) is 0. The Hall–Kier alpha value is -2.26. The summed E-state index contributed by atoms with van der Waals surface area (Å²) in [5.74, 6) is -0.386. The van der Waals surface area contributed by atoms with Crippen molar-refractivity contribution in [2.45, 2.75) is 0 Å². The van der Waals surface area contributed by atoms with Crippen LogP contribution >= 0.6 is 11.6 Å². The zero-order valence-electron chi connectivity index (χ0n) is 10.3. The summed E-state index contributed by atoms with van der Waals surface area (Å²) in [7, 11) is 0. The average Bonchev–Trinajstić information content (AvgIpc) is 2.47. The molecule has 0 saturated carbocycles. The first-order valence-corrected chi connectivity index (χ1v) is 6.37. The number of carbonyl (C=O) groups excluding carboxylic acids is 1. The van der Waals surface area contributed by atoms with Crippen LogP contribution in [0.2, 0.25) is 5.02 Å². The molecule has 0 spiro atoms. The average molecular weight is 286 g/mol. The van der Waals surface area contributed by atoms with E-state index in [0.29, 0.717) is 38.9 Å². The molecule has 2 nitrogen and oxygen atoms in total. The highest BCUT2D eigenvalue weighted by Crippen LogP contribution is 2.33. The molecule has 98 valence electrons. The largest absolute Gasteiger partial charge is 0.298 e. The van der Waals surface area contributed by atoms with Gasteiger partial charge in [-0.1, -0.05) is 29.8 Å². The van der Waals surface area contributed by atoms with Crippen molar-refractivity contribution in [2.75, 3.05) is 0 Å². The third kappa shape index (κ3) is 2.06. The van der Waals surface area contributed by atoms with E-state index in [4.69, 9.17) is 11.6 Å². The van der Waals surface area contributed by atoms with E-state index in [1.54, 1.807) is 36.4 Å². The Morgan fingerprint density at radius 2 is 1.95 bits per heavy atom. The van der Waals surface area contributed by atoms with Crippen molar-refractivity contribution >= 4 is 28.8 Å². The van der Waals surface area contributed by atoms with Crippen LogP contribution in [0.3, 0.4) is 0 Å². The molecule has 0 bridgehead atoms. The van der Waals surface area contributed by atoms with Gasteiger partial charge in [-0.2, -0.15) is 0 Å². The number of aromatic nitrogens is 1. The summed E-state index contributed by atoms with van der Waals surface area (Å²) in [6.07, 6.45) is 2.13. The standard InChI is InChI=1S/C16H9ClFNO/c17-11-5-6-15-13(7-11)16(10(9-20)8-19-15)12-3-1-2-4-14(12)18/h1-9H. The molecule has 0 aliphatic heterocycles. The predicted octanol–water partition coefficient (Wildman–Crippen LogP) is 4.51. The SMILES string of the molecule is O=Cc1cnc2ccc(Cl)cc2c1-c1ccccc1F. The third-order valence-corrected chi connectivity index (χ3v) is 3.36. The summed E-state index contributed by atoms with van der Waals surface area (Å²) >= 11 is 6.00. The van der Waals surface area contributed by atoms with Crippen LogP contribution in [0.4, 0.5) is 4.39 Å². The Morgan fingerprint density at radius 1 is 1.15 bits per heavy atom. The van der Waals surface area contributed by atoms with Crippen LogP contribution < -0.4 is 0 Å². The zero-order valence-corrected chi connectivity index (χ0v) is 11.1. The minimum absolute atomic E-state index is 0.338. The Kier molecular flexibility index (Phi) is 3.20. The van der Waals surface area contributed by atoms with Crippen LogP contribution in [0.5, 0.6) is 0 Å². The van der Waals surface area contributed by atoms with Crippen molar-refractivity contribution < 1.29 is 9.18 Å². The number of fused-ring (bicyclic) bond motifs is 1. The van der Waals surface area contributed by atoms with E-state index in [9.17, 15) is 9.18 Å². The van der Waals surface area contributed by atoms with Crippen LogP contribution in [0.1, 0.15) is 10.4 Å². The number of pyridine rings is 1. The van der Waals surface area contributed by atoms with Crippen LogP contribution in [0, 0.1) is 5.82 Å². The van der Waals surface area contributed by atoms with Gasteiger partial charge in [-0.15, -0.1) is 0 Å². The van der Waals surface area contributed by atoms with Gasteiger partial charge in [-0.05, 0) is 24.3 Å². The lowest BCUT2D eigenvalue weighted by molar-refractivity contribution is 0.112. The summed E-state index contributed by atoms with van der Waals surface area (Å²) in [4.78, 5) is 15.4. The Bertz CT molecular complexity index is 817. The fourth-order valence-corrected chi connectivity index (χ4v) is 2.41. The number of carbonyl (C=O) groups is 1. The van der Waals surface area contributed by atoms with Gasteiger partial charge in [0.15, 0.2) is 6.29 Å². The third-order valence-electron chi connectivity index (χ3n) is 3.13. The van der Waals surface area contributed by atoms with Gasteiger partial charge in [-0.3, -0.25) is 9.78 Å². The maximum absolute atomic E-state index is 14.1. The maximum Gasteiger partial charge on any atom is 0.152 e. The quantitative estimate of drug-likeness (QED) is 0.649. The molecule has 0 atom stereocenters. The molecule has 1 aromatic heterocycles. The molecular weight excluding hydrogens is 277 g/mol. The maximum atomic E-state index is 14.1. The molecule has 0 radical (unpaired) electrons. The number of hydrogen-bond acceptors (Lipinski definition) is 2. The van der Waals surface area contributed by atoms with Crippen molar-refractivity contribution in [3.05, 3.63) is 65.1 Å². The molecule has 0 amide bonds. The topological polar surface area (TPSA) is 30.0 Å². The molecule has 0 fully saturated rings. The Labute approximate surface area is 119 Å². The van der Waals surface area contributed by atoms with E-state index in [1.807, 2.05) is 0 Å². The van der Waals surface area contributed by atoms with Gasteiger partial charge < -0.3 is 0 Å². The van der Waals surface area contributed by atoms with E-state index in [0.717, 1.165) is 0 Å². The predicted molar refractivity (Wildman–Crippen MR) is 77.5 cm³/mol. The highest BCUT2D eigenvalue weighted by Gasteiger charge is 2.14. The molecule has 0 unspecified atom stereocenters. The summed E-state index contributed by atoms with van der Waals surface area (Å²) in [5, 5.41) is 1.17. The van der Waals surface area contributed by atoms with Crippen LogP contribution in [-0.4, -0.2) is 11.3 Å². The molecule has 0 N–H and O–H groups in total. The van der Waals surface area contributed by atoms with Gasteiger partial charge in [0.2, 0.25) is 0 Å². The molecule has 4 heteroatoms. The zero-order chi connectivity index (χ0) is 14.1. The number of rotatable bonds is 2. The first-order valence-electron chi connectivity index (χ1n) is 5.99. The molecule has 1 heterocycles. The van der Waals surface area contributed by atoms with Crippen molar-refractivity contribution in [1.82, 2.24) is 4.98 Å². The summed E-state index contributed by atoms with van der Waals surface area (Å²) in [5.41, 5.74) is 1.89. The summed E-state index contributed by atoms with van der Waals surface area (Å²) in [6, 6.07) is 11.5. The Morgan fingerprint density at radius 3 is 2.70 bits per heavy atom. The molecule has 3 aromatic rings. The molecule has 0 saturated heterocycles. The smallest absolute Gasteiger partial charge is 0.152 e. The molecule has 0 aliphatic rings. The molecule has 3 rings (SSSR count). The van der Waals surface area contributed by atoms with Crippen LogP contribution in [0.25, 0.3) is 22.0 Å². The highest BCUT2D eigenvalue weighted by molar-refractivity contribution is 6.31. The number of aldehydes is 1. The number of halogens is 2. The lowest BCUT2D eigenvalue weighted by atomic mass is 9.96. The normalized spacial score (nSPS) is 10.7. The second kappa shape index (κ2) is 5.02. The lowest BCUT2D eigenvalue weighted by Crippen LogP contribution is -1.94. The van der Waals surface area contributed by atoms with E-state index in [1.165, 1.54) is 12.3 Å². The number of benzene rings is 2. The number of nitrogens with zero attached hydrogens (tertiary/aromatic N) is 1. The molecule has 20 heavy (non-hydrogen) atoms. The van der Waals surface area contributed by atoms with Gasteiger partial charge in [0.1, 0.15) is 5.82 Å². The highest BCUT2D eigenvalue weighted by atomic mass is 35.5. The first kappa shape index (κ1) is 12.8. The molecule has 0 aliphatic carbocycles. The molecule has 2 aromatic carbocycles. The van der Waals surface area contributed by atoms with Gasteiger partial charge >= 0.3 is 0 Å². The first-order chi connectivity index (χ1) is 9.70. The second-order valence-electron chi connectivity index (χ2n) is 4.35. The van der Waals surface area contributed by atoms with Crippen molar-refractivity contribution in [2.24, 2.45) is 0 Å². The number of hydrogen-bond donors (Lipinski definition) is 0. The van der Waals surface area contributed by atoms with Gasteiger partial charge in [0, 0.05) is 33.3 Å². The second-order valence-corrected chi connectivity index (χ2v) is 4.78. The minimum Gasteiger partial charge on any atom is -0.298 e. The Balaban J connectivity index is 2.46. The van der Waals surface area contributed by atoms with E-state index >= 15 is 0 Å². The fourth-order valence-electron chi connectivity index (χ4n) is 2.23. The van der Waals surface area contributed by atoms with E-state index < -0.39 is 0 Å². The van der Waals surface area contributed by atoms with Crippen LogP contribution in [0.15, 0.2) is 48.7 Å². The minimum atomic E-state index is -0.386. The monoisotopic (exact) mass is 285 g/mol. The summed E-state index contributed by atoms with van der Waals surface area (Å²) < 4.78 is 14.1. The van der Waals surface area contributed by atoms with Crippen molar-refractivity contribution in [3.63, 3.8) is 0 Å². The molecular formula is C16H9ClFNO. The van der Waals surface area contributed by atoms with Gasteiger partial charge in [0.05, 0.1) is 5.52 Å². The van der Waals surface area contributed by atoms with Gasteiger partial charge in [0.25, 0.3) is 0 Å². The van der Waals surface area contributed by atoms with Crippen LogP contribution in [-0.2, 0) is 0 Å². The summed E-state index contributed by atoms with van der Waals surface area (Å²) in [6.45, 7) is 0. The van der Waals surface area contributed by atoms with E-state index in [-0.39, 0.29) is 5.82 Å². The lowest BCUT2D eigenvalue weighted by Gasteiger charge is -2.10. The van der Waals surface area contributed by atoms with E-state index in [2.05, 4.69) is 4.98 Å². The van der Waals surface area contributed by atoms with Crippen molar-refractivity contribution in [3.8, 4) is 11.1 Å². The van der Waals surface area contributed by atoms with Crippen molar-refractivity contribution in [1.29, 1.82) is 0 Å².